The van der Waals surface area contributed by atoms with E-state index in [1.165, 1.54) is 116 Å². The number of rotatable bonds is 18. The Morgan fingerprint density at radius 3 is 0.955 bits per heavy atom. The fourth-order valence-corrected chi connectivity index (χ4v) is 3.03. The summed E-state index contributed by atoms with van der Waals surface area (Å²) in [6.45, 7) is 4.58. The second-order valence-corrected chi connectivity index (χ2v) is 7.00. The smallest absolute Gasteiger partial charge is 0.0351 e. The maximum Gasteiger partial charge on any atom is -0.0351 e. The van der Waals surface area contributed by atoms with Crippen LogP contribution in [0.2, 0.25) is 0 Å². The van der Waals surface area contributed by atoms with Crippen LogP contribution in [-0.4, -0.2) is 0 Å². The van der Waals surface area contributed by atoms with Crippen LogP contribution in [0.3, 0.4) is 0 Å². The first kappa shape index (κ1) is 21.7. The van der Waals surface area contributed by atoms with Crippen molar-refractivity contribution in [3.63, 3.8) is 0 Å². The lowest BCUT2D eigenvalue weighted by Gasteiger charge is -2.00. The number of unbranched alkanes of at least 4 members (excludes halogenated alkanes) is 16. The normalized spacial score (nSPS) is 11.5. The highest BCUT2D eigenvalue weighted by Crippen LogP contribution is 2.11. The van der Waals surface area contributed by atoms with E-state index >= 15 is 0 Å². The van der Waals surface area contributed by atoms with Gasteiger partial charge in [0.15, 0.2) is 0 Å². The first-order valence-electron chi connectivity index (χ1n) is 10.6. The minimum atomic E-state index is 1.31. The van der Waals surface area contributed by atoms with Gasteiger partial charge in [-0.15, -0.1) is 0 Å². The number of hydrogen-bond acceptors (Lipinski definition) is 0. The van der Waals surface area contributed by atoms with Gasteiger partial charge in [0.05, 0.1) is 0 Å². The lowest BCUT2D eigenvalue weighted by atomic mass is 10.1. The summed E-state index contributed by atoms with van der Waals surface area (Å²) >= 11 is 0. The molecule has 132 valence electrons. The first-order chi connectivity index (χ1) is 10.9. The molecular formula is C22H44. The third-order valence-electron chi connectivity index (χ3n) is 4.62. The lowest BCUT2D eigenvalue weighted by Crippen LogP contribution is -1.80. The monoisotopic (exact) mass is 308 g/mol. The van der Waals surface area contributed by atoms with E-state index in [0.29, 0.717) is 0 Å². The highest BCUT2D eigenvalue weighted by Gasteiger charge is 1.91. The molecule has 0 aromatic rings. The van der Waals surface area contributed by atoms with Crippen LogP contribution >= 0.6 is 0 Å². The van der Waals surface area contributed by atoms with Crippen molar-refractivity contribution >= 4 is 0 Å². The lowest BCUT2D eigenvalue weighted by molar-refractivity contribution is 0.575. The van der Waals surface area contributed by atoms with Gasteiger partial charge in [-0.1, -0.05) is 116 Å². The summed E-state index contributed by atoms with van der Waals surface area (Å²) < 4.78 is 0. The van der Waals surface area contributed by atoms with Gasteiger partial charge in [0.1, 0.15) is 0 Å². The molecule has 0 aromatic carbocycles. The van der Waals surface area contributed by atoms with E-state index in [9.17, 15) is 0 Å². The van der Waals surface area contributed by atoms with Gasteiger partial charge in [-0.25, -0.2) is 0 Å². The zero-order chi connectivity index (χ0) is 16.1. The molecule has 0 bridgehead atoms. The average Bonchev–Trinajstić information content (AvgIpc) is 2.54. The van der Waals surface area contributed by atoms with E-state index < -0.39 is 0 Å². The summed E-state index contributed by atoms with van der Waals surface area (Å²) in [5.41, 5.74) is 0. The summed E-state index contributed by atoms with van der Waals surface area (Å²) in [4.78, 5) is 0. The van der Waals surface area contributed by atoms with Crippen LogP contribution in [0.1, 0.15) is 129 Å². The SMILES string of the molecule is CCCCCCCCCC/C=C/CCCCCCCCCC. The summed E-state index contributed by atoms with van der Waals surface area (Å²) in [6.07, 6.45) is 30.4. The maximum atomic E-state index is 2.43. The Balaban J connectivity index is 3.03. The zero-order valence-corrected chi connectivity index (χ0v) is 15.9. The molecule has 0 heterocycles. The minimum Gasteiger partial charge on any atom is -0.0885 e. The van der Waals surface area contributed by atoms with Crippen LogP contribution in [0.4, 0.5) is 0 Å². The Morgan fingerprint density at radius 2 is 0.636 bits per heavy atom. The predicted molar refractivity (Wildman–Crippen MR) is 104 cm³/mol. The van der Waals surface area contributed by atoms with Gasteiger partial charge in [-0.2, -0.15) is 0 Å². The molecule has 0 heteroatoms. The van der Waals surface area contributed by atoms with Crippen molar-refractivity contribution in [3.05, 3.63) is 12.2 Å². The van der Waals surface area contributed by atoms with Crippen molar-refractivity contribution in [2.24, 2.45) is 0 Å². The van der Waals surface area contributed by atoms with Gasteiger partial charge in [-0.05, 0) is 25.7 Å². The van der Waals surface area contributed by atoms with E-state index in [1.807, 2.05) is 0 Å². The van der Waals surface area contributed by atoms with Gasteiger partial charge in [0.2, 0.25) is 0 Å². The average molecular weight is 309 g/mol. The topological polar surface area (TPSA) is 0 Å². The molecule has 0 radical (unpaired) electrons. The van der Waals surface area contributed by atoms with Crippen molar-refractivity contribution in [2.75, 3.05) is 0 Å². The van der Waals surface area contributed by atoms with E-state index in [1.54, 1.807) is 0 Å². The minimum absolute atomic E-state index is 1.31. The first-order valence-corrected chi connectivity index (χ1v) is 10.6. The summed E-state index contributed by atoms with van der Waals surface area (Å²) in [5.74, 6) is 0. The standard InChI is InChI=1S/C22H44/c1-3-5-7-9-11-13-15-17-19-21-22-20-18-16-14-12-10-8-6-4-2/h21-22H,3-20H2,1-2H3/b22-21+. The molecule has 0 atom stereocenters. The molecular weight excluding hydrogens is 264 g/mol. The van der Waals surface area contributed by atoms with E-state index in [-0.39, 0.29) is 0 Å². The van der Waals surface area contributed by atoms with Gasteiger partial charge < -0.3 is 0 Å². The third kappa shape index (κ3) is 19.7. The highest BCUT2D eigenvalue weighted by atomic mass is 14.0. The molecule has 0 aliphatic carbocycles. The van der Waals surface area contributed by atoms with Crippen molar-refractivity contribution in [1.82, 2.24) is 0 Å². The van der Waals surface area contributed by atoms with Crippen LogP contribution in [0.25, 0.3) is 0 Å². The van der Waals surface area contributed by atoms with Crippen molar-refractivity contribution in [3.8, 4) is 0 Å². The van der Waals surface area contributed by atoms with Crippen LogP contribution < -0.4 is 0 Å². The molecule has 0 aliphatic rings. The second-order valence-electron chi connectivity index (χ2n) is 7.00. The van der Waals surface area contributed by atoms with Crippen molar-refractivity contribution < 1.29 is 0 Å². The molecule has 0 rings (SSSR count). The van der Waals surface area contributed by atoms with Gasteiger partial charge in [0.25, 0.3) is 0 Å². The Morgan fingerprint density at radius 1 is 0.364 bits per heavy atom. The van der Waals surface area contributed by atoms with Crippen LogP contribution in [0.15, 0.2) is 12.2 Å². The largest absolute Gasteiger partial charge is 0.0885 e. The molecule has 0 fully saturated rings. The maximum absolute atomic E-state index is 2.43. The molecule has 0 spiro atoms. The quantitative estimate of drug-likeness (QED) is 0.176. The van der Waals surface area contributed by atoms with Gasteiger partial charge in [0, 0.05) is 0 Å². The Labute approximate surface area is 142 Å². The Kier molecular flexibility index (Phi) is 20.5. The third-order valence-corrected chi connectivity index (χ3v) is 4.62. The van der Waals surface area contributed by atoms with Crippen LogP contribution in [0.5, 0.6) is 0 Å². The number of allylic oxidation sites excluding steroid dienone is 2. The molecule has 0 N–H and O–H groups in total. The Bertz CT molecular complexity index is 182. The molecule has 0 saturated heterocycles. The fourth-order valence-electron chi connectivity index (χ4n) is 3.03. The summed E-state index contributed by atoms with van der Waals surface area (Å²) in [5, 5.41) is 0. The van der Waals surface area contributed by atoms with Crippen LogP contribution in [-0.2, 0) is 0 Å². The molecule has 22 heavy (non-hydrogen) atoms. The number of hydrogen-bond donors (Lipinski definition) is 0. The molecule has 0 nitrogen and oxygen atoms in total. The van der Waals surface area contributed by atoms with Gasteiger partial charge >= 0.3 is 0 Å². The van der Waals surface area contributed by atoms with Gasteiger partial charge in [-0.3, -0.25) is 0 Å². The summed E-state index contributed by atoms with van der Waals surface area (Å²) in [7, 11) is 0. The van der Waals surface area contributed by atoms with Crippen molar-refractivity contribution in [1.29, 1.82) is 0 Å². The van der Waals surface area contributed by atoms with E-state index in [4.69, 9.17) is 0 Å². The predicted octanol–water partition coefficient (Wildman–Crippen LogP) is 8.60. The van der Waals surface area contributed by atoms with Crippen LogP contribution in [0, 0.1) is 0 Å². The molecule has 0 aromatic heterocycles. The second kappa shape index (κ2) is 20.7. The summed E-state index contributed by atoms with van der Waals surface area (Å²) in [6, 6.07) is 0. The Hall–Kier alpha value is -0.260. The molecule has 0 unspecified atom stereocenters. The molecule has 0 amide bonds. The van der Waals surface area contributed by atoms with E-state index in [2.05, 4.69) is 26.0 Å². The molecule has 0 aliphatic heterocycles. The molecule has 0 saturated carbocycles. The van der Waals surface area contributed by atoms with E-state index in [0.717, 1.165) is 0 Å². The zero-order valence-electron chi connectivity index (χ0n) is 15.9. The highest BCUT2D eigenvalue weighted by molar-refractivity contribution is 4.81. The van der Waals surface area contributed by atoms with Crippen molar-refractivity contribution in [2.45, 2.75) is 129 Å². The fraction of sp³-hybridized carbons (Fsp3) is 0.909.